The van der Waals surface area contributed by atoms with Crippen LogP contribution in [0, 0.1) is 0 Å². The van der Waals surface area contributed by atoms with Gasteiger partial charge in [0.05, 0.1) is 27.4 Å². The Morgan fingerprint density at radius 3 is 2.47 bits per heavy atom. The average molecular weight is 436 g/mol. The van der Waals surface area contributed by atoms with Gasteiger partial charge in [-0.25, -0.2) is 8.42 Å². The first-order valence-corrected chi connectivity index (χ1v) is 10.7. The lowest BCUT2D eigenvalue weighted by atomic mass is 10.1. The Morgan fingerprint density at radius 1 is 1.10 bits per heavy atom. The van der Waals surface area contributed by atoms with Gasteiger partial charge in [-0.2, -0.15) is 4.31 Å². The maximum atomic E-state index is 13.0. The predicted molar refractivity (Wildman–Crippen MR) is 108 cm³/mol. The minimum absolute atomic E-state index is 0.000641. The lowest BCUT2D eigenvalue weighted by Gasteiger charge is -2.26. The number of nitrogens with one attached hydrogen (secondary N) is 1. The molecule has 0 saturated carbocycles. The molecule has 0 spiro atoms. The lowest BCUT2D eigenvalue weighted by Crippen LogP contribution is -2.40. The summed E-state index contributed by atoms with van der Waals surface area (Å²) in [6.07, 6.45) is 0. The van der Waals surface area contributed by atoms with Crippen LogP contribution in [0.15, 0.2) is 41.3 Å². The molecule has 1 fully saturated rings. The highest BCUT2D eigenvalue weighted by Gasteiger charge is 2.30. The van der Waals surface area contributed by atoms with E-state index in [1.165, 1.54) is 42.8 Å². The van der Waals surface area contributed by atoms with Gasteiger partial charge in [0.2, 0.25) is 10.0 Å². The Bertz CT molecular complexity index is 1020. The minimum atomic E-state index is -3.84. The molecular formula is C20H24N2O7S. The van der Waals surface area contributed by atoms with E-state index in [0.29, 0.717) is 24.5 Å². The van der Waals surface area contributed by atoms with Crippen molar-refractivity contribution in [1.82, 2.24) is 9.62 Å². The van der Waals surface area contributed by atoms with Crippen molar-refractivity contribution in [1.29, 1.82) is 0 Å². The Labute approximate surface area is 175 Å². The fourth-order valence-electron chi connectivity index (χ4n) is 3.06. The van der Waals surface area contributed by atoms with Crippen LogP contribution in [0.1, 0.15) is 15.9 Å². The van der Waals surface area contributed by atoms with Gasteiger partial charge in [-0.15, -0.1) is 0 Å². The van der Waals surface area contributed by atoms with Crippen LogP contribution >= 0.6 is 0 Å². The van der Waals surface area contributed by atoms with Crippen molar-refractivity contribution in [2.45, 2.75) is 11.4 Å². The molecule has 0 bridgehead atoms. The number of rotatable bonds is 7. The molecule has 1 aliphatic rings. The smallest absolute Gasteiger partial charge is 0.251 e. The van der Waals surface area contributed by atoms with Crippen molar-refractivity contribution >= 4 is 15.9 Å². The molecule has 30 heavy (non-hydrogen) atoms. The number of nitrogens with zero attached hydrogens (tertiary/aromatic N) is 1. The van der Waals surface area contributed by atoms with Crippen LogP contribution in [0.3, 0.4) is 0 Å². The quantitative estimate of drug-likeness (QED) is 0.674. The fourth-order valence-corrected chi connectivity index (χ4v) is 4.65. The van der Waals surface area contributed by atoms with Crippen LogP contribution < -0.4 is 14.8 Å². The molecular weight excluding hydrogens is 412 g/mol. The highest BCUT2D eigenvalue weighted by molar-refractivity contribution is 7.89. The molecule has 1 amide bonds. The number of carbonyl (C=O) groups is 1. The van der Waals surface area contributed by atoms with Gasteiger partial charge in [-0.3, -0.25) is 4.79 Å². The first-order chi connectivity index (χ1) is 14.4. The zero-order chi connectivity index (χ0) is 21.7. The molecule has 9 nitrogen and oxygen atoms in total. The van der Waals surface area contributed by atoms with E-state index in [2.05, 4.69) is 5.32 Å². The molecule has 10 heteroatoms. The van der Waals surface area contributed by atoms with Crippen LogP contribution in [0.5, 0.6) is 17.2 Å². The third-order valence-electron chi connectivity index (χ3n) is 4.71. The number of ether oxygens (including phenoxy) is 3. The number of benzene rings is 2. The van der Waals surface area contributed by atoms with Gasteiger partial charge >= 0.3 is 0 Å². The molecule has 0 atom stereocenters. The van der Waals surface area contributed by atoms with Crippen LogP contribution in [-0.2, 0) is 21.3 Å². The number of hydrogen-bond acceptors (Lipinski definition) is 7. The van der Waals surface area contributed by atoms with E-state index < -0.39 is 15.9 Å². The SMILES string of the molecule is COc1cc(CNC(=O)c2ccc(OC)c(S(=O)(=O)N3CCOCC3)c2)ccc1O. The van der Waals surface area contributed by atoms with E-state index in [1.54, 1.807) is 12.1 Å². The van der Waals surface area contributed by atoms with Crippen molar-refractivity contribution < 1.29 is 32.5 Å². The lowest BCUT2D eigenvalue weighted by molar-refractivity contribution is 0.0729. The summed E-state index contributed by atoms with van der Waals surface area (Å²) < 4.78 is 42.9. The van der Waals surface area contributed by atoms with Crippen LogP contribution in [0.25, 0.3) is 0 Å². The van der Waals surface area contributed by atoms with E-state index in [1.807, 2.05) is 0 Å². The van der Waals surface area contributed by atoms with Crippen LogP contribution in [-0.4, -0.2) is 64.3 Å². The van der Waals surface area contributed by atoms with Gasteiger partial charge in [0, 0.05) is 25.2 Å². The first kappa shape index (κ1) is 21.9. The van der Waals surface area contributed by atoms with Crippen molar-refractivity contribution in [2.75, 3.05) is 40.5 Å². The summed E-state index contributed by atoms with van der Waals surface area (Å²) in [5, 5.41) is 12.4. The van der Waals surface area contributed by atoms with Crippen molar-refractivity contribution in [3.8, 4) is 17.2 Å². The molecule has 1 saturated heterocycles. The largest absolute Gasteiger partial charge is 0.504 e. The maximum Gasteiger partial charge on any atom is 0.251 e. The van der Waals surface area contributed by atoms with Gasteiger partial charge in [0.15, 0.2) is 11.5 Å². The Hall–Kier alpha value is -2.82. The second-order valence-electron chi connectivity index (χ2n) is 6.57. The number of methoxy groups -OCH3 is 2. The van der Waals surface area contributed by atoms with E-state index in [-0.39, 0.29) is 41.6 Å². The standard InChI is InChI=1S/C20H24N2O7S/c1-27-17-6-4-15(12-19(17)30(25,26)22-7-9-29-10-8-22)20(24)21-13-14-3-5-16(23)18(11-14)28-2/h3-6,11-12,23H,7-10,13H2,1-2H3,(H,21,24). The van der Waals surface area contributed by atoms with Crippen molar-refractivity contribution in [3.63, 3.8) is 0 Å². The number of sulfonamides is 1. The number of morpholine rings is 1. The summed E-state index contributed by atoms with van der Waals surface area (Å²) in [7, 11) is -1.02. The molecule has 2 N–H and O–H groups in total. The van der Waals surface area contributed by atoms with Gasteiger partial charge in [-0.1, -0.05) is 6.07 Å². The van der Waals surface area contributed by atoms with E-state index >= 15 is 0 Å². The predicted octanol–water partition coefficient (Wildman–Crippen LogP) is 1.36. The van der Waals surface area contributed by atoms with E-state index in [0.717, 1.165) is 0 Å². The molecule has 1 aliphatic heterocycles. The zero-order valence-electron chi connectivity index (χ0n) is 16.8. The number of phenolic OH excluding ortho intramolecular Hbond substituents is 1. The van der Waals surface area contributed by atoms with E-state index in [9.17, 15) is 18.3 Å². The summed E-state index contributed by atoms with van der Waals surface area (Å²) >= 11 is 0. The summed E-state index contributed by atoms with van der Waals surface area (Å²) in [5.74, 6) is 0.0233. The third kappa shape index (κ3) is 4.66. The zero-order valence-corrected chi connectivity index (χ0v) is 17.6. The van der Waals surface area contributed by atoms with Gasteiger partial charge in [-0.05, 0) is 35.9 Å². The van der Waals surface area contributed by atoms with E-state index in [4.69, 9.17) is 14.2 Å². The Morgan fingerprint density at radius 2 is 1.80 bits per heavy atom. The van der Waals surface area contributed by atoms with Crippen molar-refractivity contribution in [3.05, 3.63) is 47.5 Å². The number of phenols is 1. The molecule has 0 radical (unpaired) electrons. The van der Waals surface area contributed by atoms with Crippen LogP contribution in [0.4, 0.5) is 0 Å². The molecule has 1 heterocycles. The Kier molecular flexibility index (Phi) is 6.80. The number of hydrogen-bond donors (Lipinski definition) is 2. The summed E-state index contributed by atoms with van der Waals surface area (Å²) in [5.41, 5.74) is 0.904. The molecule has 3 rings (SSSR count). The molecule has 0 unspecified atom stereocenters. The first-order valence-electron chi connectivity index (χ1n) is 9.27. The average Bonchev–Trinajstić information content (AvgIpc) is 2.78. The molecule has 162 valence electrons. The van der Waals surface area contributed by atoms with Gasteiger partial charge in [0.25, 0.3) is 5.91 Å². The third-order valence-corrected chi connectivity index (χ3v) is 6.63. The molecule has 2 aromatic rings. The number of carbonyl (C=O) groups excluding carboxylic acids is 1. The second-order valence-corrected chi connectivity index (χ2v) is 8.48. The topological polar surface area (TPSA) is 114 Å². The maximum absolute atomic E-state index is 13.0. The second kappa shape index (κ2) is 9.33. The summed E-state index contributed by atoms with van der Waals surface area (Å²) in [6.45, 7) is 1.29. The number of aromatic hydroxyl groups is 1. The van der Waals surface area contributed by atoms with Gasteiger partial charge < -0.3 is 24.6 Å². The molecule has 0 aromatic heterocycles. The summed E-state index contributed by atoms with van der Waals surface area (Å²) in [6, 6.07) is 9.02. The van der Waals surface area contributed by atoms with Crippen molar-refractivity contribution in [2.24, 2.45) is 0 Å². The highest BCUT2D eigenvalue weighted by Crippen LogP contribution is 2.29. The normalized spacial score (nSPS) is 14.9. The molecule has 0 aliphatic carbocycles. The highest BCUT2D eigenvalue weighted by atomic mass is 32.2. The Balaban J connectivity index is 1.81. The summed E-state index contributed by atoms with van der Waals surface area (Å²) in [4.78, 5) is 12.6. The number of amides is 1. The fraction of sp³-hybridized carbons (Fsp3) is 0.350. The molecule has 2 aromatic carbocycles. The minimum Gasteiger partial charge on any atom is -0.504 e. The van der Waals surface area contributed by atoms with Gasteiger partial charge in [0.1, 0.15) is 10.6 Å². The van der Waals surface area contributed by atoms with Crippen LogP contribution in [0.2, 0.25) is 0 Å². The monoisotopic (exact) mass is 436 g/mol.